The van der Waals surface area contributed by atoms with Crippen LogP contribution in [0, 0.1) is 0 Å². The summed E-state index contributed by atoms with van der Waals surface area (Å²) in [6, 6.07) is 0. The Kier molecular flexibility index (Phi) is 17.3. The molecule has 0 aromatic heterocycles. The molecule has 0 fully saturated rings. The molecule has 0 aliphatic heterocycles. The summed E-state index contributed by atoms with van der Waals surface area (Å²) in [4.78, 5) is 0. The van der Waals surface area contributed by atoms with Crippen molar-refractivity contribution < 1.29 is 17.7 Å². The second kappa shape index (κ2) is 15.3. The van der Waals surface area contributed by atoms with Crippen molar-refractivity contribution in [2.24, 2.45) is 0 Å². The van der Waals surface area contributed by atoms with Crippen LogP contribution in [0.1, 0.15) is 71.6 Å². The Labute approximate surface area is 152 Å². The number of hydrogen-bond acceptors (Lipinski definition) is 3. The zero-order valence-electron chi connectivity index (χ0n) is 12.9. The quantitative estimate of drug-likeness (QED) is 0.242. The molecule has 0 rings (SSSR count). The fourth-order valence-corrected chi connectivity index (χ4v) is 2.61. The number of hydrogen-bond donors (Lipinski definition) is 1. The molecule has 4 nitrogen and oxygen atoms in total. The summed E-state index contributed by atoms with van der Waals surface area (Å²) >= 11 is 0. The van der Waals surface area contributed by atoms with Crippen LogP contribution in [0.3, 0.4) is 0 Å². The van der Waals surface area contributed by atoms with Crippen molar-refractivity contribution in [3.63, 3.8) is 0 Å². The standard InChI is InChI=1S/C15H30O4S.Na.H/c1-3-15(4-2)19-13-11-9-7-5-6-8-10-12-14-20(16,17)18;;/h3H,4-14H2,1-2H3,(H,16,17,18);;. The van der Waals surface area contributed by atoms with E-state index >= 15 is 0 Å². The van der Waals surface area contributed by atoms with Crippen LogP contribution in [0.5, 0.6) is 0 Å². The fourth-order valence-electron chi connectivity index (χ4n) is 2.04. The van der Waals surface area contributed by atoms with Crippen molar-refractivity contribution in [3.8, 4) is 0 Å². The molecule has 0 saturated carbocycles. The van der Waals surface area contributed by atoms with Gasteiger partial charge in [-0.3, -0.25) is 4.55 Å². The minimum atomic E-state index is -3.76. The molecule has 0 bridgehead atoms. The van der Waals surface area contributed by atoms with E-state index < -0.39 is 10.1 Å². The van der Waals surface area contributed by atoms with E-state index in [9.17, 15) is 8.42 Å². The molecule has 0 aliphatic carbocycles. The first-order valence-electron chi connectivity index (χ1n) is 7.72. The van der Waals surface area contributed by atoms with Crippen LogP contribution in [0.25, 0.3) is 0 Å². The van der Waals surface area contributed by atoms with E-state index in [1.807, 2.05) is 13.0 Å². The Morgan fingerprint density at radius 3 is 1.90 bits per heavy atom. The summed E-state index contributed by atoms with van der Waals surface area (Å²) < 4.78 is 35.2. The van der Waals surface area contributed by atoms with Gasteiger partial charge in [0, 0.05) is 6.42 Å². The van der Waals surface area contributed by atoms with Gasteiger partial charge >= 0.3 is 29.6 Å². The number of rotatable bonds is 13. The maximum atomic E-state index is 10.5. The molecule has 1 N–H and O–H groups in total. The zero-order valence-corrected chi connectivity index (χ0v) is 13.8. The van der Waals surface area contributed by atoms with Crippen LogP contribution in [-0.4, -0.2) is 54.9 Å². The molecule has 0 radical (unpaired) electrons. The van der Waals surface area contributed by atoms with E-state index in [1.165, 1.54) is 19.3 Å². The molecule has 122 valence electrons. The molecule has 0 saturated heterocycles. The molecule has 0 aromatic rings. The van der Waals surface area contributed by atoms with Crippen LogP contribution in [-0.2, 0) is 14.9 Å². The summed E-state index contributed by atoms with van der Waals surface area (Å²) in [7, 11) is -3.76. The summed E-state index contributed by atoms with van der Waals surface area (Å²) in [5.74, 6) is 0.971. The molecule has 6 heteroatoms. The predicted octanol–water partition coefficient (Wildman–Crippen LogP) is 3.68. The predicted molar refractivity (Wildman–Crippen MR) is 90.5 cm³/mol. The van der Waals surface area contributed by atoms with Gasteiger partial charge in [-0.25, -0.2) is 0 Å². The number of allylic oxidation sites excluding steroid dienone is 2. The molecule has 0 aliphatic rings. The Morgan fingerprint density at radius 1 is 1.00 bits per heavy atom. The van der Waals surface area contributed by atoms with Gasteiger partial charge in [0.25, 0.3) is 10.1 Å². The summed E-state index contributed by atoms with van der Waals surface area (Å²) in [6.45, 7) is 4.90. The van der Waals surface area contributed by atoms with Gasteiger partial charge in [0.05, 0.1) is 18.1 Å². The van der Waals surface area contributed by atoms with E-state index in [0.717, 1.165) is 44.5 Å². The second-order valence-corrected chi connectivity index (χ2v) is 6.64. The first-order valence-corrected chi connectivity index (χ1v) is 9.33. The van der Waals surface area contributed by atoms with Crippen molar-refractivity contribution in [2.75, 3.05) is 12.4 Å². The average Bonchev–Trinajstić information content (AvgIpc) is 2.39. The molecule has 21 heavy (non-hydrogen) atoms. The van der Waals surface area contributed by atoms with Gasteiger partial charge in [-0.2, -0.15) is 8.42 Å². The average molecular weight is 330 g/mol. The van der Waals surface area contributed by atoms with E-state index in [1.54, 1.807) is 0 Å². The first-order chi connectivity index (χ1) is 9.49. The zero-order chi connectivity index (χ0) is 15.3. The third kappa shape index (κ3) is 18.4. The molecule has 0 amide bonds. The minimum absolute atomic E-state index is 0. The van der Waals surface area contributed by atoms with E-state index in [0.29, 0.717) is 6.42 Å². The molecular formula is C15H31NaO4S. The molecule has 0 unspecified atom stereocenters. The van der Waals surface area contributed by atoms with Crippen molar-refractivity contribution in [2.45, 2.75) is 71.6 Å². The van der Waals surface area contributed by atoms with E-state index in [2.05, 4.69) is 6.92 Å². The Morgan fingerprint density at radius 2 is 1.48 bits per heavy atom. The van der Waals surface area contributed by atoms with Crippen LogP contribution >= 0.6 is 0 Å². The van der Waals surface area contributed by atoms with Crippen LogP contribution in [0.2, 0.25) is 0 Å². The third-order valence-electron chi connectivity index (χ3n) is 3.25. The van der Waals surface area contributed by atoms with Crippen molar-refractivity contribution in [3.05, 3.63) is 11.8 Å². The van der Waals surface area contributed by atoms with E-state index in [4.69, 9.17) is 9.29 Å². The first kappa shape index (κ1) is 23.7. The normalized spacial score (nSPS) is 12.0. The number of unbranched alkanes of at least 4 members (excludes halogenated alkanes) is 7. The van der Waals surface area contributed by atoms with Gasteiger partial charge in [-0.15, -0.1) is 0 Å². The second-order valence-electron chi connectivity index (χ2n) is 5.07. The van der Waals surface area contributed by atoms with Crippen molar-refractivity contribution in [1.82, 2.24) is 0 Å². The summed E-state index contributed by atoms with van der Waals surface area (Å²) in [5, 5.41) is 0. The van der Waals surface area contributed by atoms with Crippen molar-refractivity contribution in [1.29, 1.82) is 0 Å². The van der Waals surface area contributed by atoms with Gasteiger partial charge in [-0.1, -0.05) is 45.4 Å². The Hall–Kier alpha value is 0.450. The van der Waals surface area contributed by atoms with E-state index in [-0.39, 0.29) is 35.3 Å². The van der Waals surface area contributed by atoms with Crippen LogP contribution in [0.4, 0.5) is 0 Å². The van der Waals surface area contributed by atoms with Gasteiger partial charge in [0.2, 0.25) is 0 Å². The SMILES string of the molecule is CC=C(CC)OCCCCCCCCCCS(=O)(=O)O.[NaH]. The summed E-state index contributed by atoms with van der Waals surface area (Å²) in [6.07, 6.45) is 11.3. The van der Waals surface area contributed by atoms with Gasteiger partial charge in [0.15, 0.2) is 0 Å². The molecular weight excluding hydrogens is 299 g/mol. The molecule has 0 spiro atoms. The monoisotopic (exact) mass is 330 g/mol. The van der Waals surface area contributed by atoms with Crippen LogP contribution < -0.4 is 0 Å². The molecule has 0 heterocycles. The third-order valence-corrected chi connectivity index (χ3v) is 4.06. The maximum absolute atomic E-state index is 10.5. The Balaban J connectivity index is 0. The fraction of sp³-hybridized carbons (Fsp3) is 0.867. The molecule has 0 atom stereocenters. The topological polar surface area (TPSA) is 63.6 Å². The summed E-state index contributed by atoms with van der Waals surface area (Å²) in [5.41, 5.74) is 0. The van der Waals surface area contributed by atoms with Gasteiger partial charge in [0.1, 0.15) is 0 Å². The molecule has 0 aromatic carbocycles. The van der Waals surface area contributed by atoms with Gasteiger partial charge in [-0.05, 0) is 25.8 Å². The number of ether oxygens (including phenoxy) is 1. The van der Waals surface area contributed by atoms with Gasteiger partial charge < -0.3 is 4.74 Å². The van der Waals surface area contributed by atoms with Crippen LogP contribution in [0.15, 0.2) is 11.8 Å². The van der Waals surface area contributed by atoms with Crippen molar-refractivity contribution >= 4 is 39.7 Å². The Bertz CT molecular complexity index is 353.